The summed E-state index contributed by atoms with van der Waals surface area (Å²) in [6.45, 7) is 4.30. The van der Waals surface area contributed by atoms with Gasteiger partial charge < -0.3 is 18.9 Å². The molecule has 2 aliphatic rings. The standard InChI is InChI=1S/C32H34F2O7S/c1-18-12-22(39-10-5-11-42(4,36)37)13-19(2)30(18)32-24-8-9-27(31(24)25(33)16-26(32)34)41-21-6-7-23-20(14-29(35)38-3)17-40-28(23)15-21/h6-7,12-13,15-16,20,27H,5,8-11,14,17H2,1-4H3/t20-,27-/m1/s1. The van der Waals surface area contributed by atoms with Crippen molar-refractivity contribution in [2.75, 3.05) is 32.3 Å². The van der Waals surface area contributed by atoms with Crippen LogP contribution in [0.5, 0.6) is 17.2 Å². The first-order valence-corrected chi connectivity index (χ1v) is 15.9. The number of halogens is 2. The number of benzene rings is 3. The van der Waals surface area contributed by atoms with Gasteiger partial charge in [-0.1, -0.05) is 6.07 Å². The lowest BCUT2D eigenvalue weighted by Gasteiger charge is -2.20. The van der Waals surface area contributed by atoms with E-state index >= 15 is 8.78 Å². The Hall–Kier alpha value is -3.66. The minimum Gasteiger partial charge on any atom is -0.494 e. The van der Waals surface area contributed by atoms with Crippen LogP contribution in [0.2, 0.25) is 0 Å². The van der Waals surface area contributed by atoms with Crippen LogP contribution in [0.25, 0.3) is 11.1 Å². The molecule has 0 saturated heterocycles. The van der Waals surface area contributed by atoms with Gasteiger partial charge in [0.05, 0.1) is 32.5 Å². The third kappa shape index (κ3) is 6.23. The average molecular weight is 601 g/mol. The maximum Gasteiger partial charge on any atom is 0.306 e. The Morgan fingerprint density at radius 3 is 2.45 bits per heavy atom. The minimum atomic E-state index is -3.07. The average Bonchev–Trinajstić information content (AvgIpc) is 3.51. The fourth-order valence-electron chi connectivity index (χ4n) is 5.96. The third-order valence-corrected chi connectivity index (χ3v) is 8.85. The summed E-state index contributed by atoms with van der Waals surface area (Å²) in [5.41, 5.74) is 4.39. The van der Waals surface area contributed by atoms with Crippen LogP contribution in [-0.2, 0) is 25.8 Å². The Labute approximate surface area is 244 Å². The van der Waals surface area contributed by atoms with Gasteiger partial charge in [-0.05, 0) is 73.6 Å². The Morgan fingerprint density at radius 1 is 1.02 bits per heavy atom. The van der Waals surface area contributed by atoms with Crippen molar-refractivity contribution in [3.05, 3.63) is 75.8 Å². The van der Waals surface area contributed by atoms with Crippen molar-refractivity contribution in [1.29, 1.82) is 0 Å². The molecule has 1 aliphatic carbocycles. The molecule has 0 fully saturated rings. The molecule has 5 rings (SSSR count). The van der Waals surface area contributed by atoms with Gasteiger partial charge in [0, 0.05) is 41.0 Å². The van der Waals surface area contributed by atoms with Gasteiger partial charge in [0.2, 0.25) is 0 Å². The van der Waals surface area contributed by atoms with Crippen LogP contribution < -0.4 is 14.2 Å². The molecule has 1 heterocycles. The molecule has 10 heteroatoms. The SMILES string of the molecule is COC(=O)C[C@@H]1COc2cc(O[C@@H]3CCc4c(-c5c(C)cc(OCCCS(C)(=O)=O)cc5C)c(F)cc(F)c43)ccc21. The third-order valence-electron chi connectivity index (χ3n) is 7.82. The highest BCUT2D eigenvalue weighted by molar-refractivity contribution is 7.90. The number of esters is 1. The monoisotopic (exact) mass is 600 g/mol. The molecular formula is C32H34F2O7S. The number of carbonyl (C=O) groups excluding carboxylic acids is 1. The van der Waals surface area contributed by atoms with Crippen LogP contribution in [0.15, 0.2) is 36.4 Å². The molecule has 3 aromatic carbocycles. The van der Waals surface area contributed by atoms with E-state index in [0.29, 0.717) is 65.4 Å². The second-order valence-corrected chi connectivity index (χ2v) is 13.3. The fraction of sp³-hybridized carbons (Fsp3) is 0.406. The minimum absolute atomic E-state index is 0.0353. The van der Waals surface area contributed by atoms with Gasteiger partial charge in [-0.25, -0.2) is 17.2 Å². The molecule has 7 nitrogen and oxygen atoms in total. The molecule has 3 aromatic rings. The molecule has 0 spiro atoms. The van der Waals surface area contributed by atoms with Crippen molar-refractivity contribution in [3.63, 3.8) is 0 Å². The summed E-state index contributed by atoms with van der Waals surface area (Å²) in [6, 6.07) is 9.88. The maximum atomic E-state index is 15.5. The summed E-state index contributed by atoms with van der Waals surface area (Å²) < 4.78 is 76.1. The molecule has 1 aliphatic heterocycles. The number of rotatable bonds is 10. The number of carbonyl (C=O) groups is 1. The van der Waals surface area contributed by atoms with E-state index in [4.69, 9.17) is 18.9 Å². The van der Waals surface area contributed by atoms with Crippen LogP contribution in [-0.4, -0.2) is 46.7 Å². The van der Waals surface area contributed by atoms with E-state index in [2.05, 4.69) is 0 Å². The van der Waals surface area contributed by atoms with Crippen molar-refractivity contribution in [2.45, 2.75) is 51.6 Å². The first kappa shape index (κ1) is 29.8. The Balaban J connectivity index is 1.38. The van der Waals surface area contributed by atoms with E-state index in [9.17, 15) is 13.2 Å². The highest BCUT2D eigenvalue weighted by Gasteiger charge is 2.34. The molecule has 224 valence electrons. The number of hydrogen-bond acceptors (Lipinski definition) is 7. The van der Waals surface area contributed by atoms with Gasteiger partial charge in [-0.3, -0.25) is 4.79 Å². The molecule has 42 heavy (non-hydrogen) atoms. The number of hydrogen-bond donors (Lipinski definition) is 0. The summed E-state index contributed by atoms with van der Waals surface area (Å²) in [4.78, 5) is 11.7. The molecular weight excluding hydrogens is 566 g/mol. The number of methoxy groups -OCH3 is 1. The van der Waals surface area contributed by atoms with Gasteiger partial charge >= 0.3 is 5.97 Å². The predicted molar refractivity (Wildman–Crippen MR) is 154 cm³/mol. The molecule has 0 bridgehead atoms. The van der Waals surface area contributed by atoms with E-state index in [1.165, 1.54) is 13.4 Å². The topological polar surface area (TPSA) is 88.1 Å². The molecule has 0 unspecified atom stereocenters. The molecule has 2 atom stereocenters. The van der Waals surface area contributed by atoms with Crippen LogP contribution in [0.1, 0.15) is 59.1 Å². The molecule has 0 N–H and O–H groups in total. The number of ether oxygens (including phenoxy) is 4. The lowest BCUT2D eigenvalue weighted by Crippen LogP contribution is -2.09. The van der Waals surface area contributed by atoms with E-state index in [-0.39, 0.29) is 30.7 Å². The second kappa shape index (κ2) is 11.9. The van der Waals surface area contributed by atoms with E-state index in [1.54, 1.807) is 24.3 Å². The van der Waals surface area contributed by atoms with E-state index in [1.807, 2.05) is 19.9 Å². The number of fused-ring (bicyclic) bond motifs is 2. The van der Waals surface area contributed by atoms with Gasteiger partial charge in [0.1, 0.15) is 44.8 Å². The first-order chi connectivity index (χ1) is 19.9. The van der Waals surface area contributed by atoms with Crippen molar-refractivity contribution in [2.24, 2.45) is 0 Å². The Morgan fingerprint density at radius 2 is 1.76 bits per heavy atom. The van der Waals surface area contributed by atoms with E-state index in [0.717, 1.165) is 22.8 Å². The highest BCUT2D eigenvalue weighted by Crippen LogP contribution is 2.46. The first-order valence-electron chi connectivity index (χ1n) is 13.9. The van der Waals surface area contributed by atoms with Gasteiger partial charge in [0.25, 0.3) is 0 Å². The zero-order valence-corrected chi connectivity index (χ0v) is 24.9. The number of sulfone groups is 1. The number of aryl methyl sites for hydroxylation is 2. The summed E-state index contributed by atoms with van der Waals surface area (Å²) in [5.74, 6) is 0.0176. The summed E-state index contributed by atoms with van der Waals surface area (Å²) in [7, 11) is -1.72. The van der Waals surface area contributed by atoms with Gasteiger partial charge in [-0.15, -0.1) is 0 Å². The normalized spacial score (nSPS) is 17.4. The maximum absolute atomic E-state index is 15.5. The van der Waals surface area contributed by atoms with Crippen LogP contribution in [0.4, 0.5) is 8.78 Å². The Bertz CT molecular complexity index is 1610. The van der Waals surface area contributed by atoms with Crippen molar-refractivity contribution < 1.29 is 40.9 Å². The van der Waals surface area contributed by atoms with Crippen LogP contribution in [0, 0.1) is 25.5 Å². The van der Waals surface area contributed by atoms with Gasteiger partial charge in [-0.2, -0.15) is 0 Å². The van der Waals surface area contributed by atoms with Crippen molar-refractivity contribution in [1.82, 2.24) is 0 Å². The van der Waals surface area contributed by atoms with Crippen LogP contribution >= 0.6 is 0 Å². The highest BCUT2D eigenvalue weighted by atomic mass is 32.2. The Kier molecular flexibility index (Phi) is 8.46. The fourth-order valence-corrected chi connectivity index (χ4v) is 6.60. The van der Waals surface area contributed by atoms with E-state index < -0.39 is 27.6 Å². The lowest BCUT2D eigenvalue weighted by molar-refractivity contribution is -0.141. The molecule has 0 aromatic heterocycles. The summed E-state index contributed by atoms with van der Waals surface area (Å²) in [5, 5.41) is 0. The van der Waals surface area contributed by atoms with Crippen molar-refractivity contribution in [3.8, 4) is 28.4 Å². The molecule has 0 radical (unpaired) electrons. The smallest absolute Gasteiger partial charge is 0.306 e. The quantitative estimate of drug-likeness (QED) is 0.203. The molecule has 0 saturated carbocycles. The predicted octanol–water partition coefficient (Wildman–Crippen LogP) is 6.17. The summed E-state index contributed by atoms with van der Waals surface area (Å²) in [6.07, 6.45) is 2.08. The lowest BCUT2D eigenvalue weighted by atomic mass is 9.89. The largest absolute Gasteiger partial charge is 0.494 e. The zero-order chi connectivity index (χ0) is 30.2. The zero-order valence-electron chi connectivity index (χ0n) is 24.1. The van der Waals surface area contributed by atoms with Gasteiger partial charge in [0.15, 0.2) is 0 Å². The van der Waals surface area contributed by atoms with Crippen LogP contribution in [0.3, 0.4) is 0 Å². The summed E-state index contributed by atoms with van der Waals surface area (Å²) >= 11 is 0. The van der Waals surface area contributed by atoms with Crippen molar-refractivity contribution >= 4 is 15.8 Å². The molecule has 0 amide bonds. The second-order valence-electron chi connectivity index (χ2n) is 11.0.